The molecule has 0 aliphatic carbocycles. The second-order valence-electron chi connectivity index (χ2n) is 5.67. The molecule has 2 aliphatic heterocycles. The summed E-state index contributed by atoms with van der Waals surface area (Å²) in [6.45, 7) is 2.11. The highest BCUT2D eigenvalue weighted by molar-refractivity contribution is 5.81. The Morgan fingerprint density at radius 3 is 2.80 bits per heavy atom. The lowest BCUT2D eigenvalue weighted by molar-refractivity contribution is -0.143. The van der Waals surface area contributed by atoms with Crippen molar-refractivity contribution in [2.75, 3.05) is 19.6 Å². The molecule has 2 saturated heterocycles. The smallest absolute Gasteiger partial charge is 0.251 e. The third kappa shape index (κ3) is 2.71. The van der Waals surface area contributed by atoms with Gasteiger partial charge in [-0.2, -0.15) is 0 Å². The number of aromatic nitrogens is 2. The Bertz CT molecular complexity index is 440. The van der Waals surface area contributed by atoms with Gasteiger partial charge in [-0.1, -0.05) is 0 Å². The van der Waals surface area contributed by atoms with E-state index in [0.29, 0.717) is 12.5 Å². The Labute approximate surface area is 118 Å². The number of nitrogens with two attached hydrogens (primary N) is 1. The van der Waals surface area contributed by atoms with E-state index in [2.05, 4.69) is 9.97 Å². The van der Waals surface area contributed by atoms with E-state index in [-0.39, 0.29) is 18.1 Å². The van der Waals surface area contributed by atoms with E-state index in [9.17, 15) is 4.79 Å². The van der Waals surface area contributed by atoms with Crippen molar-refractivity contribution in [3.8, 4) is 0 Å². The lowest BCUT2D eigenvalue weighted by atomic mass is 9.93. The number of hydrogen-bond acceptors (Lipinski definition) is 4. The first-order valence-electron chi connectivity index (χ1n) is 7.40. The van der Waals surface area contributed by atoms with Crippen molar-refractivity contribution in [1.82, 2.24) is 14.9 Å². The number of nitrogens with zero attached hydrogens (tertiary/aromatic N) is 2. The topological polar surface area (TPSA) is 84.2 Å². The fourth-order valence-corrected chi connectivity index (χ4v) is 3.17. The molecule has 0 aromatic carbocycles. The molecule has 0 spiro atoms. The maximum Gasteiger partial charge on any atom is 0.251 e. The van der Waals surface area contributed by atoms with E-state index in [1.165, 1.54) is 5.69 Å². The van der Waals surface area contributed by atoms with E-state index in [1.807, 2.05) is 11.1 Å². The van der Waals surface area contributed by atoms with Crippen molar-refractivity contribution in [3.63, 3.8) is 0 Å². The molecule has 2 atom stereocenters. The molecule has 6 heteroatoms. The van der Waals surface area contributed by atoms with Crippen molar-refractivity contribution in [1.29, 1.82) is 0 Å². The lowest BCUT2D eigenvalue weighted by Gasteiger charge is -2.33. The zero-order valence-electron chi connectivity index (χ0n) is 11.6. The van der Waals surface area contributed by atoms with Gasteiger partial charge >= 0.3 is 0 Å². The molecule has 110 valence electrons. The number of nitrogens with one attached hydrogen (secondary N) is 1. The molecule has 1 aromatic heterocycles. The molecule has 1 amide bonds. The van der Waals surface area contributed by atoms with Crippen LogP contribution in [0.25, 0.3) is 0 Å². The third-order valence-electron chi connectivity index (χ3n) is 4.41. The Hall–Kier alpha value is -1.40. The van der Waals surface area contributed by atoms with Crippen LogP contribution < -0.4 is 5.73 Å². The molecule has 0 radical (unpaired) electrons. The van der Waals surface area contributed by atoms with Gasteiger partial charge < -0.3 is 20.4 Å². The highest BCUT2D eigenvalue weighted by atomic mass is 16.5. The predicted molar refractivity (Wildman–Crippen MR) is 74.1 cm³/mol. The molecule has 2 fully saturated rings. The van der Waals surface area contributed by atoms with Crippen molar-refractivity contribution in [2.24, 2.45) is 5.73 Å². The van der Waals surface area contributed by atoms with Gasteiger partial charge in [0.1, 0.15) is 6.10 Å². The number of hydrogen-bond donors (Lipinski definition) is 2. The number of amides is 1. The average molecular weight is 278 g/mol. The molecule has 6 nitrogen and oxygen atoms in total. The summed E-state index contributed by atoms with van der Waals surface area (Å²) in [6.07, 6.45) is 7.07. The van der Waals surface area contributed by atoms with Crippen LogP contribution in [0, 0.1) is 0 Å². The van der Waals surface area contributed by atoms with Crippen LogP contribution in [-0.2, 0) is 9.53 Å². The normalized spacial score (nSPS) is 27.9. The largest absolute Gasteiger partial charge is 0.364 e. The van der Waals surface area contributed by atoms with Crippen molar-refractivity contribution >= 4 is 5.91 Å². The first-order chi connectivity index (χ1) is 9.78. The number of piperidine rings is 1. The molecule has 3 N–H and O–H groups in total. The van der Waals surface area contributed by atoms with E-state index in [0.717, 1.165) is 38.8 Å². The number of carbonyl (C=O) groups is 1. The number of likely N-dealkylation sites (tertiary alicyclic amines) is 1. The van der Waals surface area contributed by atoms with Crippen molar-refractivity contribution in [3.05, 3.63) is 18.2 Å². The first kappa shape index (κ1) is 13.6. The van der Waals surface area contributed by atoms with Crippen LogP contribution in [0.3, 0.4) is 0 Å². The number of rotatable bonds is 3. The molecule has 0 saturated carbocycles. The Morgan fingerprint density at radius 2 is 2.20 bits per heavy atom. The summed E-state index contributed by atoms with van der Waals surface area (Å²) in [5, 5.41) is 0. The van der Waals surface area contributed by atoms with Crippen LogP contribution >= 0.6 is 0 Å². The molecular weight excluding hydrogens is 256 g/mol. The minimum Gasteiger partial charge on any atom is -0.364 e. The average Bonchev–Trinajstić information content (AvgIpc) is 3.18. The zero-order chi connectivity index (χ0) is 13.9. The van der Waals surface area contributed by atoms with Crippen LogP contribution in [-0.4, -0.2) is 52.6 Å². The summed E-state index contributed by atoms with van der Waals surface area (Å²) in [5.74, 6) is 0.631. The summed E-state index contributed by atoms with van der Waals surface area (Å²) in [6, 6.07) is 0. The molecule has 0 unspecified atom stereocenters. The monoisotopic (exact) mass is 278 g/mol. The lowest BCUT2D eigenvalue weighted by Crippen LogP contribution is -2.43. The standard InChI is InChI=1S/C14H22N4O2/c15-7-11-1-2-13(20-11)14(19)18-5-3-10(4-6-18)12-8-16-9-17-12/h8-11,13H,1-7,15H2,(H,16,17)/t11-,13+/m1/s1. The maximum absolute atomic E-state index is 12.4. The van der Waals surface area contributed by atoms with Gasteiger partial charge in [-0.3, -0.25) is 4.79 Å². The Kier molecular flexibility index (Phi) is 4.03. The number of H-pyrrole nitrogens is 1. The third-order valence-corrected chi connectivity index (χ3v) is 4.41. The highest BCUT2D eigenvalue weighted by Crippen LogP contribution is 2.28. The SMILES string of the molecule is NC[C@H]1CC[C@@H](C(=O)N2CCC(c3cnc[nH]3)CC2)O1. The van der Waals surface area contributed by atoms with Crippen LogP contribution in [0.5, 0.6) is 0 Å². The molecule has 1 aromatic rings. The Balaban J connectivity index is 1.52. The van der Waals surface area contributed by atoms with Crippen molar-refractivity contribution in [2.45, 2.75) is 43.8 Å². The van der Waals surface area contributed by atoms with Gasteiger partial charge in [0, 0.05) is 37.4 Å². The summed E-state index contributed by atoms with van der Waals surface area (Å²) in [5.41, 5.74) is 6.77. The minimum absolute atomic E-state index is 0.0616. The van der Waals surface area contributed by atoms with E-state index in [1.54, 1.807) is 6.33 Å². The van der Waals surface area contributed by atoms with Crippen molar-refractivity contribution < 1.29 is 9.53 Å². The fourth-order valence-electron chi connectivity index (χ4n) is 3.17. The number of imidazole rings is 1. The van der Waals surface area contributed by atoms with Gasteiger partial charge in [0.05, 0.1) is 12.4 Å². The van der Waals surface area contributed by atoms with Gasteiger partial charge in [-0.25, -0.2) is 4.98 Å². The van der Waals surface area contributed by atoms with Gasteiger partial charge in [0.2, 0.25) is 0 Å². The maximum atomic E-state index is 12.4. The van der Waals surface area contributed by atoms with Gasteiger partial charge in [-0.15, -0.1) is 0 Å². The molecule has 0 bridgehead atoms. The zero-order valence-corrected chi connectivity index (χ0v) is 11.6. The number of ether oxygens (including phenoxy) is 1. The molecular formula is C14H22N4O2. The van der Waals surface area contributed by atoms with E-state index >= 15 is 0 Å². The first-order valence-corrected chi connectivity index (χ1v) is 7.40. The van der Waals surface area contributed by atoms with E-state index in [4.69, 9.17) is 10.5 Å². The summed E-state index contributed by atoms with van der Waals surface area (Å²) >= 11 is 0. The van der Waals surface area contributed by atoms with Gasteiger partial charge in [0.25, 0.3) is 5.91 Å². The molecule has 2 aliphatic rings. The predicted octanol–water partition coefficient (Wildman–Crippen LogP) is 0.622. The second-order valence-corrected chi connectivity index (χ2v) is 5.67. The highest BCUT2D eigenvalue weighted by Gasteiger charge is 2.34. The quantitative estimate of drug-likeness (QED) is 0.849. The van der Waals surface area contributed by atoms with Crippen LogP contribution in [0.2, 0.25) is 0 Å². The molecule has 3 heterocycles. The fraction of sp³-hybridized carbons (Fsp3) is 0.714. The minimum atomic E-state index is -0.271. The molecule has 3 rings (SSSR count). The summed E-state index contributed by atoms with van der Waals surface area (Å²) < 4.78 is 5.69. The van der Waals surface area contributed by atoms with E-state index < -0.39 is 0 Å². The van der Waals surface area contributed by atoms with Gasteiger partial charge in [0.15, 0.2) is 0 Å². The van der Waals surface area contributed by atoms with Gasteiger partial charge in [-0.05, 0) is 25.7 Å². The molecule has 20 heavy (non-hydrogen) atoms. The van der Waals surface area contributed by atoms with Crippen LogP contribution in [0.15, 0.2) is 12.5 Å². The number of carbonyl (C=O) groups excluding carboxylic acids is 1. The Morgan fingerprint density at radius 1 is 1.40 bits per heavy atom. The second kappa shape index (κ2) is 5.93. The van der Waals surface area contributed by atoms with Crippen LogP contribution in [0.4, 0.5) is 0 Å². The summed E-state index contributed by atoms with van der Waals surface area (Å²) in [4.78, 5) is 21.6. The van der Waals surface area contributed by atoms with Crippen LogP contribution in [0.1, 0.15) is 37.3 Å². The summed E-state index contributed by atoms with van der Waals surface area (Å²) in [7, 11) is 0. The number of aromatic amines is 1.